The van der Waals surface area contributed by atoms with E-state index in [2.05, 4.69) is 30.7 Å². The van der Waals surface area contributed by atoms with Gasteiger partial charge in [-0.15, -0.1) is 0 Å². The third-order valence-corrected chi connectivity index (χ3v) is 3.07. The highest BCUT2D eigenvalue weighted by Gasteiger charge is 2.10. The number of halogens is 2. The van der Waals surface area contributed by atoms with Gasteiger partial charge in [-0.1, -0.05) is 0 Å². The number of nitrogens with zero attached hydrogens (tertiary/aromatic N) is 4. The fraction of sp³-hybridized carbons (Fsp3) is 0.167. The van der Waals surface area contributed by atoms with E-state index in [9.17, 15) is 14.0 Å². The molecule has 0 saturated carbocycles. The zero-order chi connectivity index (χ0) is 16.1. The van der Waals surface area contributed by atoms with Crippen molar-refractivity contribution in [2.45, 2.75) is 6.54 Å². The largest absolute Gasteiger partial charge is 0.445 e. The summed E-state index contributed by atoms with van der Waals surface area (Å²) in [5, 5.41) is 3.87. The van der Waals surface area contributed by atoms with Crippen molar-refractivity contribution in [2.24, 2.45) is 5.73 Å². The number of carbonyl (C=O) groups excluding carboxylic acids is 1. The van der Waals surface area contributed by atoms with Crippen LogP contribution in [0, 0.1) is 0 Å². The smallest absolute Gasteiger partial charge is 0.404 e. The zero-order valence-electron chi connectivity index (χ0n) is 11.1. The summed E-state index contributed by atoms with van der Waals surface area (Å²) in [5.74, 6) is 0.374. The summed E-state index contributed by atoms with van der Waals surface area (Å²) in [6, 6.07) is 3.35. The van der Waals surface area contributed by atoms with Crippen molar-refractivity contribution in [1.82, 2.24) is 19.3 Å². The Kier molecular flexibility index (Phi) is 5.04. The predicted octanol–water partition coefficient (Wildman–Crippen LogP) is 1.14. The molecule has 116 valence electrons. The molecule has 2 aromatic heterocycles. The number of primary amides is 1. The fourth-order valence-corrected chi connectivity index (χ4v) is 1.82. The lowest BCUT2D eigenvalue weighted by Gasteiger charge is -2.05. The summed E-state index contributed by atoms with van der Waals surface area (Å²) in [6.07, 6.45) is 2.01. The first-order valence-corrected chi connectivity index (χ1v) is 6.77. The Morgan fingerprint density at radius 3 is 2.86 bits per heavy atom. The van der Waals surface area contributed by atoms with E-state index in [-0.39, 0.29) is 25.1 Å². The van der Waals surface area contributed by atoms with Crippen LogP contribution in [0.3, 0.4) is 0 Å². The van der Waals surface area contributed by atoms with Crippen molar-refractivity contribution in [2.75, 3.05) is 6.61 Å². The average Bonchev–Trinajstić information content (AvgIpc) is 2.85. The van der Waals surface area contributed by atoms with Crippen LogP contribution < -0.4 is 11.4 Å². The van der Waals surface area contributed by atoms with Gasteiger partial charge in [-0.05, 0) is 28.1 Å². The molecule has 0 aliphatic carbocycles. The maximum atomic E-state index is 12.7. The van der Waals surface area contributed by atoms with E-state index in [4.69, 9.17) is 5.73 Å². The number of carbonyl (C=O) groups is 1. The lowest BCUT2D eigenvalue weighted by Crippen LogP contribution is -2.26. The minimum Gasteiger partial charge on any atom is -0.445 e. The number of ether oxygens (including phenoxy) is 1. The summed E-state index contributed by atoms with van der Waals surface area (Å²) in [6.45, 7) is -0.534. The standard InChI is InChI=1S/C12H11BrFN5O3/c13-9-1-2-10(16-4-9)18-7-17-19(12(18)21)5-8(3-14)6-22-11(15)20/h1-4,7H,5-6H2,(H2,15,20). The van der Waals surface area contributed by atoms with Crippen LogP contribution in [0.1, 0.15) is 0 Å². The predicted molar refractivity (Wildman–Crippen MR) is 78.0 cm³/mol. The van der Waals surface area contributed by atoms with Crippen LogP contribution in [0.4, 0.5) is 9.18 Å². The van der Waals surface area contributed by atoms with Gasteiger partial charge in [0.2, 0.25) is 0 Å². The second kappa shape index (κ2) is 6.98. The van der Waals surface area contributed by atoms with Crippen molar-refractivity contribution >= 4 is 22.0 Å². The summed E-state index contributed by atoms with van der Waals surface area (Å²) in [5.41, 5.74) is 4.33. The third kappa shape index (κ3) is 3.79. The highest BCUT2D eigenvalue weighted by Crippen LogP contribution is 2.09. The van der Waals surface area contributed by atoms with Gasteiger partial charge in [0.25, 0.3) is 0 Å². The summed E-state index contributed by atoms with van der Waals surface area (Å²) in [7, 11) is 0. The Bertz CT molecular complexity index is 753. The van der Waals surface area contributed by atoms with E-state index in [0.29, 0.717) is 5.82 Å². The summed E-state index contributed by atoms with van der Waals surface area (Å²) >= 11 is 3.24. The first kappa shape index (κ1) is 15.9. The summed E-state index contributed by atoms with van der Waals surface area (Å²) in [4.78, 5) is 26.7. The van der Waals surface area contributed by atoms with Gasteiger partial charge >= 0.3 is 11.8 Å². The maximum absolute atomic E-state index is 12.7. The van der Waals surface area contributed by atoms with E-state index in [1.807, 2.05) is 0 Å². The monoisotopic (exact) mass is 371 g/mol. The number of pyridine rings is 1. The van der Waals surface area contributed by atoms with Gasteiger partial charge in [0.1, 0.15) is 18.8 Å². The van der Waals surface area contributed by atoms with Crippen molar-refractivity contribution in [3.63, 3.8) is 0 Å². The Balaban J connectivity index is 2.19. The van der Waals surface area contributed by atoms with E-state index in [1.54, 1.807) is 12.1 Å². The van der Waals surface area contributed by atoms with Gasteiger partial charge in [-0.3, -0.25) is 0 Å². The van der Waals surface area contributed by atoms with Crippen LogP contribution in [-0.2, 0) is 11.3 Å². The van der Waals surface area contributed by atoms with E-state index < -0.39 is 11.8 Å². The molecule has 0 fully saturated rings. The molecule has 0 aliphatic rings. The highest BCUT2D eigenvalue weighted by molar-refractivity contribution is 9.10. The molecule has 2 rings (SSSR count). The Labute approximate surface area is 132 Å². The van der Waals surface area contributed by atoms with Gasteiger partial charge in [-0.2, -0.15) is 5.10 Å². The highest BCUT2D eigenvalue weighted by atomic mass is 79.9. The lowest BCUT2D eigenvalue weighted by atomic mass is 10.3. The number of nitrogens with two attached hydrogens (primary N) is 1. The first-order valence-electron chi connectivity index (χ1n) is 5.98. The minimum absolute atomic E-state index is 0.0370. The Hall–Kier alpha value is -2.49. The molecule has 0 bridgehead atoms. The van der Waals surface area contributed by atoms with Crippen LogP contribution in [-0.4, -0.2) is 32.0 Å². The Morgan fingerprint density at radius 1 is 1.50 bits per heavy atom. The molecule has 1 amide bonds. The number of aromatic nitrogens is 4. The topological polar surface area (TPSA) is 105 Å². The molecule has 0 unspecified atom stereocenters. The summed E-state index contributed by atoms with van der Waals surface area (Å²) < 4.78 is 20.2. The molecule has 2 aromatic rings. The molecule has 0 spiro atoms. The van der Waals surface area contributed by atoms with Gasteiger partial charge < -0.3 is 10.5 Å². The molecule has 2 N–H and O–H groups in total. The van der Waals surface area contributed by atoms with Gasteiger partial charge in [0.15, 0.2) is 0 Å². The molecular weight excluding hydrogens is 361 g/mol. The van der Waals surface area contributed by atoms with Crippen LogP contribution >= 0.6 is 15.9 Å². The number of rotatable bonds is 5. The van der Waals surface area contributed by atoms with E-state index >= 15 is 0 Å². The van der Waals surface area contributed by atoms with Crippen molar-refractivity contribution in [3.8, 4) is 5.82 Å². The fourth-order valence-electron chi connectivity index (χ4n) is 1.58. The first-order chi connectivity index (χ1) is 10.5. The quantitative estimate of drug-likeness (QED) is 0.848. The molecule has 8 nitrogen and oxygen atoms in total. The van der Waals surface area contributed by atoms with Crippen molar-refractivity contribution in [3.05, 3.63) is 51.5 Å². The van der Waals surface area contributed by atoms with Crippen LogP contribution in [0.5, 0.6) is 0 Å². The second-order valence-corrected chi connectivity index (χ2v) is 5.07. The van der Waals surface area contributed by atoms with Gasteiger partial charge in [0.05, 0.1) is 12.9 Å². The molecule has 22 heavy (non-hydrogen) atoms. The van der Waals surface area contributed by atoms with Crippen molar-refractivity contribution in [1.29, 1.82) is 0 Å². The zero-order valence-corrected chi connectivity index (χ0v) is 12.7. The molecule has 2 heterocycles. The number of hydrogen-bond donors (Lipinski definition) is 1. The van der Waals surface area contributed by atoms with Gasteiger partial charge in [0, 0.05) is 16.2 Å². The number of amides is 1. The van der Waals surface area contributed by atoms with Crippen LogP contribution in [0.2, 0.25) is 0 Å². The molecule has 0 aliphatic heterocycles. The maximum Gasteiger partial charge on any atom is 0.404 e. The lowest BCUT2D eigenvalue weighted by molar-refractivity contribution is 0.164. The SMILES string of the molecule is NC(=O)OCC(=CF)Cn1ncn(-c2ccc(Br)cn2)c1=O. The normalized spacial score (nSPS) is 11.5. The van der Waals surface area contributed by atoms with Crippen LogP contribution in [0.15, 0.2) is 45.8 Å². The number of hydrogen-bond acceptors (Lipinski definition) is 5. The van der Waals surface area contributed by atoms with E-state index in [0.717, 1.165) is 9.15 Å². The molecule has 0 radical (unpaired) electrons. The molecular formula is C12H11BrFN5O3. The van der Waals surface area contributed by atoms with Crippen molar-refractivity contribution < 1.29 is 13.9 Å². The molecule has 10 heteroatoms. The second-order valence-electron chi connectivity index (χ2n) is 4.15. The molecule has 0 saturated heterocycles. The molecule has 0 aromatic carbocycles. The van der Waals surface area contributed by atoms with E-state index in [1.165, 1.54) is 17.1 Å². The average molecular weight is 372 g/mol. The van der Waals surface area contributed by atoms with Crippen LogP contribution in [0.25, 0.3) is 5.82 Å². The van der Waals surface area contributed by atoms with Gasteiger partial charge in [-0.25, -0.2) is 28.2 Å². The molecule has 0 atom stereocenters. The Morgan fingerprint density at radius 2 is 2.27 bits per heavy atom. The minimum atomic E-state index is -1.03. The third-order valence-electron chi connectivity index (χ3n) is 2.60.